The molecule has 2 amide bonds. The van der Waals surface area contributed by atoms with E-state index < -0.39 is 0 Å². The average molecular weight is 353 g/mol. The van der Waals surface area contributed by atoms with Crippen molar-refractivity contribution in [2.75, 3.05) is 60.0 Å². The Bertz CT molecular complexity index is 483. The third-order valence-electron chi connectivity index (χ3n) is 5.67. The lowest BCUT2D eigenvalue weighted by molar-refractivity contribution is -0.141. The highest BCUT2D eigenvalue weighted by Crippen LogP contribution is 2.32. The van der Waals surface area contributed by atoms with Gasteiger partial charge in [-0.25, -0.2) is 0 Å². The van der Waals surface area contributed by atoms with E-state index in [1.54, 1.807) is 19.0 Å². The van der Waals surface area contributed by atoms with Crippen LogP contribution in [0.3, 0.4) is 0 Å². The smallest absolute Gasteiger partial charge is 0.241 e. The standard InChI is InChI=1S/C18H31N3O4/c1-19(2)17(23)14-21-9-11-25-18(12-16(21)22)5-7-20(8-6-18)13-15-4-3-10-24-15/h15H,3-14H2,1-2H3. The molecule has 3 heterocycles. The summed E-state index contributed by atoms with van der Waals surface area (Å²) in [5, 5.41) is 0. The molecule has 0 aromatic carbocycles. The molecule has 7 nitrogen and oxygen atoms in total. The van der Waals surface area contributed by atoms with Gasteiger partial charge in [-0.3, -0.25) is 9.59 Å². The van der Waals surface area contributed by atoms with E-state index >= 15 is 0 Å². The maximum absolute atomic E-state index is 12.6. The van der Waals surface area contributed by atoms with Crippen molar-refractivity contribution in [3.8, 4) is 0 Å². The molecular formula is C18H31N3O4. The van der Waals surface area contributed by atoms with Crippen LogP contribution in [0, 0.1) is 0 Å². The van der Waals surface area contributed by atoms with Gasteiger partial charge in [-0.1, -0.05) is 0 Å². The fourth-order valence-corrected chi connectivity index (χ4v) is 3.95. The quantitative estimate of drug-likeness (QED) is 0.729. The number of likely N-dealkylation sites (tertiary alicyclic amines) is 1. The molecule has 7 heteroatoms. The Morgan fingerprint density at radius 3 is 2.64 bits per heavy atom. The van der Waals surface area contributed by atoms with Crippen molar-refractivity contribution < 1.29 is 19.1 Å². The van der Waals surface area contributed by atoms with Crippen molar-refractivity contribution in [2.24, 2.45) is 0 Å². The van der Waals surface area contributed by atoms with Crippen LogP contribution >= 0.6 is 0 Å². The lowest BCUT2D eigenvalue weighted by Crippen LogP contribution is -2.49. The highest BCUT2D eigenvalue weighted by molar-refractivity contribution is 5.85. The summed E-state index contributed by atoms with van der Waals surface area (Å²) in [4.78, 5) is 30.2. The number of carbonyl (C=O) groups is 2. The molecule has 0 aliphatic carbocycles. The number of amides is 2. The first-order valence-electron chi connectivity index (χ1n) is 9.43. The molecule has 3 fully saturated rings. The first-order chi connectivity index (χ1) is 12.0. The second-order valence-electron chi connectivity index (χ2n) is 7.75. The fraction of sp³-hybridized carbons (Fsp3) is 0.889. The maximum Gasteiger partial charge on any atom is 0.241 e. The van der Waals surface area contributed by atoms with Crippen LogP contribution in [0.4, 0.5) is 0 Å². The molecule has 3 aliphatic heterocycles. The van der Waals surface area contributed by atoms with Gasteiger partial charge >= 0.3 is 0 Å². The van der Waals surface area contributed by atoms with Crippen LogP contribution in [0.1, 0.15) is 32.1 Å². The van der Waals surface area contributed by atoms with E-state index in [0.29, 0.717) is 25.7 Å². The molecule has 3 saturated heterocycles. The Kier molecular flexibility index (Phi) is 5.96. The largest absolute Gasteiger partial charge is 0.377 e. The van der Waals surface area contributed by atoms with E-state index in [2.05, 4.69) is 4.90 Å². The van der Waals surface area contributed by atoms with Gasteiger partial charge < -0.3 is 24.2 Å². The van der Waals surface area contributed by atoms with E-state index in [1.165, 1.54) is 11.3 Å². The summed E-state index contributed by atoms with van der Waals surface area (Å²) < 4.78 is 11.9. The molecule has 0 aromatic rings. The van der Waals surface area contributed by atoms with Crippen molar-refractivity contribution in [1.82, 2.24) is 14.7 Å². The van der Waals surface area contributed by atoms with E-state index in [4.69, 9.17) is 9.47 Å². The van der Waals surface area contributed by atoms with Crippen LogP contribution in [0.15, 0.2) is 0 Å². The zero-order valence-corrected chi connectivity index (χ0v) is 15.5. The number of piperidine rings is 1. The maximum atomic E-state index is 12.6. The number of rotatable bonds is 4. The van der Waals surface area contributed by atoms with Gasteiger partial charge in [-0.05, 0) is 25.7 Å². The lowest BCUT2D eigenvalue weighted by atomic mass is 9.87. The molecule has 1 atom stereocenters. The summed E-state index contributed by atoms with van der Waals surface area (Å²) in [6, 6.07) is 0. The van der Waals surface area contributed by atoms with Crippen molar-refractivity contribution in [2.45, 2.75) is 43.8 Å². The molecule has 1 spiro atoms. The number of nitrogens with zero attached hydrogens (tertiary/aromatic N) is 3. The van der Waals surface area contributed by atoms with Gasteiger partial charge in [-0.2, -0.15) is 0 Å². The van der Waals surface area contributed by atoms with Crippen LogP contribution in [0.25, 0.3) is 0 Å². The Morgan fingerprint density at radius 2 is 2.00 bits per heavy atom. The van der Waals surface area contributed by atoms with Gasteiger partial charge in [0.25, 0.3) is 0 Å². The lowest BCUT2D eigenvalue weighted by Gasteiger charge is -2.41. The summed E-state index contributed by atoms with van der Waals surface area (Å²) >= 11 is 0. The topological polar surface area (TPSA) is 62.3 Å². The summed E-state index contributed by atoms with van der Waals surface area (Å²) in [7, 11) is 3.43. The zero-order valence-electron chi connectivity index (χ0n) is 15.5. The Morgan fingerprint density at radius 1 is 1.24 bits per heavy atom. The van der Waals surface area contributed by atoms with Gasteiger partial charge in [-0.15, -0.1) is 0 Å². The second kappa shape index (κ2) is 8.01. The normalized spacial score (nSPS) is 27.5. The zero-order chi connectivity index (χ0) is 17.9. The number of hydrogen-bond acceptors (Lipinski definition) is 5. The van der Waals surface area contributed by atoms with Gasteiger partial charge in [0.15, 0.2) is 0 Å². The Balaban J connectivity index is 1.51. The van der Waals surface area contributed by atoms with Crippen LogP contribution in [0.5, 0.6) is 0 Å². The fourth-order valence-electron chi connectivity index (χ4n) is 3.95. The number of carbonyl (C=O) groups excluding carboxylic acids is 2. The Hall–Kier alpha value is -1.18. The number of hydrogen-bond donors (Lipinski definition) is 0. The molecule has 0 radical (unpaired) electrons. The minimum Gasteiger partial charge on any atom is -0.377 e. The molecule has 0 bridgehead atoms. The highest BCUT2D eigenvalue weighted by atomic mass is 16.5. The van der Waals surface area contributed by atoms with Crippen molar-refractivity contribution in [3.63, 3.8) is 0 Å². The van der Waals surface area contributed by atoms with E-state index in [9.17, 15) is 9.59 Å². The van der Waals surface area contributed by atoms with Gasteiger partial charge in [0.2, 0.25) is 11.8 Å². The van der Waals surface area contributed by atoms with Gasteiger partial charge in [0, 0.05) is 46.9 Å². The van der Waals surface area contributed by atoms with Crippen LogP contribution in [0.2, 0.25) is 0 Å². The van der Waals surface area contributed by atoms with Gasteiger partial charge in [0.1, 0.15) is 0 Å². The summed E-state index contributed by atoms with van der Waals surface area (Å²) in [5.41, 5.74) is -0.347. The molecule has 3 rings (SSSR count). The minimum absolute atomic E-state index is 0.0419. The van der Waals surface area contributed by atoms with Crippen molar-refractivity contribution in [3.05, 3.63) is 0 Å². The Labute approximate surface area is 150 Å². The van der Waals surface area contributed by atoms with E-state index in [-0.39, 0.29) is 24.0 Å². The molecular weight excluding hydrogens is 322 g/mol. The minimum atomic E-state index is -0.347. The molecule has 3 aliphatic rings. The molecule has 0 saturated carbocycles. The molecule has 1 unspecified atom stereocenters. The van der Waals surface area contributed by atoms with Crippen molar-refractivity contribution >= 4 is 11.8 Å². The molecule has 0 N–H and O–H groups in total. The van der Waals surface area contributed by atoms with Gasteiger partial charge in [0.05, 0.1) is 31.3 Å². The second-order valence-corrected chi connectivity index (χ2v) is 7.75. The van der Waals surface area contributed by atoms with Crippen LogP contribution in [-0.2, 0) is 19.1 Å². The number of likely N-dealkylation sites (N-methyl/N-ethyl adjacent to an activating group) is 1. The monoisotopic (exact) mass is 353 g/mol. The first-order valence-corrected chi connectivity index (χ1v) is 9.43. The van der Waals surface area contributed by atoms with E-state index in [1.807, 2.05) is 0 Å². The van der Waals surface area contributed by atoms with Crippen LogP contribution < -0.4 is 0 Å². The summed E-state index contributed by atoms with van der Waals surface area (Å²) in [6.07, 6.45) is 4.84. The molecule has 0 aromatic heterocycles. The molecule has 142 valence electrons. The molecule has 25 heavy (non-hydrogen) atoms. The van der Waals surface area contributed by atoms with Crippen molar-refractivity contribution in [1.29, 1.82) is 0 Å². The third kappa shape index (κ3) is 4.71. The third-order valence-corrected chi connectivity index (χ3v) is 5.67. The van der Waals surface area contributed by atoms with Crippen LogP contribution in [-0.4, -0.2) is 98.3 Å². The first kappa shape index (κ1) is 18.6. The summed E-state index contributed by atoms with van der Waals surface area (Å²) in [6.45, 7) is 4.94. The SMILES string of the molecule is CN(C)C(=O)CN1CCOC2(CCN(CC3CCCO3)CC2)CC1=O. The number of ether oxygens (including phenoxy) is 2. The highest BCUT2D eigenvalue weighted by Gasteiger charge is 2.41. The average Bonchev–Trinajstić information content (AvgIpc) is 3.03. The predicted octanol–water partition coefficient (Wildman–Crippen LogP) is 0.337. The summed E-state index contributed by atoms with van der Waals surface area (Å²) in [5.74, 6) is -0.00374. The predicted molar refractivity (Wildman–Crippen MR) is 93.2 cm³/mol. The van der Waals surface area contributed by atoms with E-state index in [0.717, 1.165) is 45.5 Å².